The highest BCUT2D eigenvalue weighted by molar-refractivity contribution is 7.09. The highest BCUT2D eigenvalue weighted by Crippen LogP contribution is 2.08. The van der Waals surface area contributed by atoms with Crippen LogP contribution >= 0.6 is 11.3 Å². The van der Waals surface area contributed by atoms with Crippen molar-refractivity contribution in [2.45, 2.75) is 32.2 Å². The number of nitrogens with zero attached hydrogens (tertiary/aromatic N) is 1. The quantitative estimate of drug-likeness (QED) is 0.734. The molecule has 0 radical (unpaired) electrons. The van der Waals surface area contributed by atoms with Crippen LogP contribution in [0.5, 0.6) is 0 Å². The van der Waals surface area contributed by atoms with Crippen LogP contribution in [-0.2, 0) is 12.8 Å². The van der Waals surface area contributed by atoms with E-state index in [1.54, 1.807) is 11.3 Å². The van der Waals surface area contributed by atoms with E-state index in [9.17, 15) is 0 Å². The molecule has 2 aromatic rings. The van der Waals surface area contributed by atoms with Gasteiger partial charge in [0.2, 0.25) is 0 Å². The van der Waals surface area contributed by atoms with Gasteiger partial charge >= 0.3 is 0 Å². The van der Waals surface area contributed by atoms with E-state index in [0.29, 0.717) is 0 Å². The molecule has 0 aliphatic rings. The second-order valence-corrected chi connectivity index (χ2v) is 6.16. The largest absolute Gasteiger partial charge is 0.327 e. The van der Waals surface area contributed by atoms with E-state index in [1.807, 2.05) is 13.0 Å². The Bertz CT molecular complexity index is 495. The summed E-state index contributed by atoms with van der Waals surface area (Å²) in [5, 5.41) is 6.69. The van der Waals surface area contributed by atoms with Gasteiger partial charge in [0.15, 0.2) is 0 Å². The van der Waals surface area contributed by atoms with Gasteiger partial charge in [-0.2, -0.15) is 0 Å². The predicted molar refractivity (Wildman–Crippen MR) is 86.2 cm³/mol. The van der Waals surface area contributed by atoms with Crippen LogP contribution in [0, 0.1) is 6.92 Å². The first kappa shape index (κ1) is 15.2. The first-order chi connectivity index (χ1) is 9.74. The van der Waals surface area contributed by atoms with Gasteiger partial charge in [0, 0.05) is 30.9 Å². The van der Waals surface area contributed by atoms with E-state index >= 15 is 0 Å². The number of rotatable bonds is 8. The third kappa shape index (κ3) is 5.41. The van der Waals surface area contributed by atoms with Crippen LogP contribution in [0.1, 0.15) is 22.7 Å². The molecular weight excluding hydrogens is 266 g/mol. The van der Waals surface area contributed by atoms with Crippen LogP contribution < -0.4 is 11.1 Å². The van der Waals surface area contributed by atoms with Crippen LogP contribution in [0.4, 0.5) is 0 Å². The highest BCUT2D eigenvalue weighted by Gasteiger charge is 2.03. The second-order valence-electron chi connectivity index (χ2n) is 5.10. The Labute approximate surface area is 125 Å². The van der Waals surface area contributed by atoms with Crippen molar-refractivity contribution in [2.75, 3.05) is 13.1 Å². The van der Waals surface area contributed by atoms with Crippen molar-refractivity contribution in [2.24, 2.45) is 5.73 Å². The molecule has 3 N–H and O–H groups in total. The first-order valence-electron chi connectivity index (χ1n) is 7.15. The highest BCUT2D eigenvalue weighted by atomic mass is 32.1. The zero-order chi connectivity index (χ0) is 14.2. The number of aromatic nitrogens is 1. The van der Waals surface area contributed by atoms with Crippen molar-refractivity contribution in [3.05, 3.63) is 52.0 Å². The molecule has 0 aliphatic carbocycles. The van der Waals surface area contributed by atoms with Crippen LogP contribution in [0.15, 0.2) is 35.7 Å². The Morgan fingerprint density at radius 2 is 2.05 bits per heavy atom. The molecule has 0 saturated carbocycles. The number of hydrogen-bond donors (Lipinski definition) is 2. The molecule has 20 heavy (non-hydrogen) atoms. The van der Waals surface area contributed by atoms with Crippen molar-refractivity contribution in [1.82, 2.24) is 10.3 Å². The molecule has 0 fully saturated rings. The third-order valence-electron chi connectivity index (χ3n) is 3.28. The zero-order valence-electron chi connectivity index (χ0n) is 12.0. The molecule has 108 valence electrons. The summed E-state index contributed by atoms with van der Waals surface area (Å²) < 4.78 is 0. The van der Waals surface area contributed by atoms with E-state index in [1.165, 1.54) is 11.3 Å². The third-order valence-corrected chi connectivity index (χ3v) is 4.10. The molecule has 0 spiro atoms. The summed E-state index contributed by atoms with van der Waals surface area (Å²) in [6.07, 6.45) is 3.05. The monoisotopic (exact) mass is 289 g/mol. The van der Waals surface area contributed by atoms with Crippen LogP contribution in [0.2, 0.25) is 0 Å². The van der Waals surface area contributed by atoms with Gasteiger partial charge in [0.1, 0.15) is 0 Å². The summed E-state index contributed by atoms with van der Waals surface area (Å²) in [6.45, 7) is 3.86. The van der Waals surface area contributed by atoms with Crippen molar-refractivity contribution < 1.29 is 0 Å². The van der Waals surface area contributed by atoms with E-state index < -0.39 is 0 Å². The van der Waals surface area contributed by atoms with E-state index in [2.05, 4.69) is 39.9 Å². The summed E-state index contributed by atoms with van der Waals surface area (Å²) in [5.74, 6) is 0. The Hall–Kier alpha value is -1.23. The lowest BCUT2D eigenvalue weighted by atomic mass is 10.1. The molecule has 2 rings (SSSR count). The molecule has 0 amide bonds. The lowest BCUT2D eigenvalue weighted by Gasteiger charge is -2.12. The van der Waals surface area contributed by atoms with Gasteiger partial charge in [0.25, 0.3) is 0 Å². The molecular formula is C16H23N3S. The molecule has 0 saturated heterocycles. The smallest absolute Gasteiger partial charge is 0.0897 e. The Morgan fingerprint density at radius 3 is 2.75 bits per heavy atom. The van der Waals surface area contributed by atoms with Crippen LogP contribution in [-0.4, -0.2) is 24.1 Å². The molecule has 0 bridgehead atoms. The number of thiazole rings is 1. The summed E-state index contributed by atoms with van der Waals surface area (Å²) in [4.78, 5) is 4.45. The van der Waals surface area contributed by atoms with Gasteiger partial charge in [-0.15, -0.1) is 11.3 Å². The Kier molecular flexibility index (Phi) is 6.18. The SMILES string of the molecule is Cc1nc(CCNCC(N)CCc2ccccc2)cs1. The predicted octanol–water partition coefficient (Wildman–Crippen LogP) is 2.54. The minimum atomic E-state index is 0.215. The van der Waals surface area contributed by atoms with E-state index in [-0.39, 0.29) is 6.04 Å². The molecule has 4 heteroatoms. The van der Waals surface area contributed by atoms with Crippen molar-refractivity contribution >= 4 is 11.3 Å². The maximum Gasteiger partial charge on any atom is 0.0897 e. The molecule has 0 aliphatic heterocycles. The molecule has 1 aromatic heterocycles. The number of aryl methyl sites for hydroxylation is 2. The van der Waals surface area contributed by atoms with E-state index in [4.69, 9.17) is 5.73 Å². The van der Waals surface area contributed by atoms with Gasteiger partial charge in [-0.3, -0.25) is 0 Å². The van der Waals surface area contributed by atoms with Crippen molar-refractivity contribution in [1.29, 1.82) is 0 Å². The van der Waals surface area contributed by atoms with E-state index in [0.717, 1.165) is 37.4 Å². The fraction of sp³-hybridized carbons (Fsp3) is 0.438. The molecule has 1 heterocycles. The molecule has 1 unspecified atom stereocenters. The Morgan fingerprint density at radius 1 is 1.25 bits per heavy atom. The van der Waals surface area contributed by atoms with Gasteiger partial charge in [0.05, 0.1) is 10.7 Å². The number of benzene rings is 1. The fourth-order valence-corrected chi connectivity index (χ4v) is 2.77. The Balaban J connectivity index is 1.57. The average Bonchev–Trinajstić information content (AvgIpc) is 2.88. The number of nitrogens with one attached hydrogen (secondary N) is 1. The number of nitrogens with two attached hydrogens (primary N) is 1. The lowest BCUT2D eigenvalue weighted by Crippen LogP contribution is -2.35. The summed E-state index contributed by atoms with van der Waals surface area (Å²) >= 11 is 1.71. The maximum absolute atomic E-state index is 6.13. The van der Waals surface area contributed by atoms with Gasteiger partial charge in [-0.1, -0.05) is 30.3 Å². The number of hydrogen-bond acceptors (Lipinski definition) is 4. The zero-order valence-corrected chi connectivity index (χ0v) is 12.8. The average molecular weight is 289 g/mol. The standard InChI is InChI=1S/C16H23N3S/c1-13-19-16(12-20-13)9-10-18-11-15(17)8-7-14-5-3-2-4-6-14/h2-6,12,15,18H,7-11,17H2,1H3. The van der Waals surface area contributed by atoms with Crippen molar-refractivity contribution in [3.8, 4) is 0 Å². The summed E-state index contributed by atoms with van der Waals surface area (Å²) in [7, 11) is 0. The van der Waals surface area contributed by atoms with Crippen LogP contribution in [0.25, 0.3) is 0 Å². The van der Waals surface area contributed by atoms with Crippen LogP contribution in [0.3, 0.4) is 0 Å². The minimum absolute atomic E-state index is 0.215. The minimum Gasteiger partial charge on any atom is -0.327 e. The van der Waals surface area contributed by atoms with Gasteiger partial charge in [-0.25, -0.2) is 4.98 Å². The second kappa shape index (κ2) is 8.15. The molecule has 1 atom stereocenters. The van der Waals surface area contributed by atoms with Gasteiger partial charge < -0.3 is 11.1 Å². The molecule has 3 nitrogen and oxygen atoms in total. The van der Waals surface area contributed by atoms with Crippen molar-refractivity contribution in [3.63, 3.8) is 0 Å². The van der Waals surface area contributed by atoms with Gasteiger partial charge in [-0.05, 0) is 25.3 Å². The topological polar surface area (TPSA) is 50.9 Å². The summed E-state index contributed by atoms with van der Waals surface area (Å²) in [5.41, 5.74) is 8.67. The lowest BCUT2D eigenvalue weighted by molar-refractivity contribution is 0.545. The normalized spacial score (nSPS) is 12.5. The first-order valence-corrected chi connectivity index (χ1v) is 8.03. The molecule has 1 aromatic carbocycles. The fourth-order valence-electron chi connectivity index (χ4n) is 2.13. The maximum atomic E-state index is 6.13. The summed E-state index contributed by atoms with van der Waals surface area (Å²) in [6, 6.07) is 10.7.